The van der Waals surface area contributed by atoms with Crippen LogP contribution in [0.1, 0.15) is 31.5 Å². The molecule has 5 nitrogen and oxygen atoms in total. The molecule has 0 aliphatic carbocycles. The first-order chi connectivity index (χ1) is 7.78. The lowest BCUT2D eigenvalue weighted by Gasteiger charge is -2.05. The van der Waals surface area contributed by atoms with Crippen LogP contribution in [0.25, 0.3) is 0 Å². The van der Waals surface area contributed by atoms with Crippen LogP contribution in [0.15, 0.2) is 9.52 Å². The number of nitrogens with one attached hydrogen (secondary N) is 1. The average molecular weight is 240 g/mol. The van der Waals surface area contributed by atoms with Gasteiger partial charge in [-0.05, 0) is 13.3 Å². The van der Waals surface area contributed by atoms with Crippen molar-refractivity contribution >= 4 is 16.9 Å². The molecule has 1 aliphatic rings. The van der Waals surface area contributed by atoms with Gasteiger partial charge in [-0.3, -0.25) is 4.99 Å². The minimum Gasteiger partial charge on any atom is -0.356 e. The van der Waals surface area contributed by atoms with Crippen molar-refractivity contribution in [2.75, 3.05) is 6.54 Å². The van der Waals surface area contributed by atoms with E-state index in [-0.39, 0.29) is 0 Å². The Balaban J connectivity index is 1.75. The molecule has 6 heteroatoms. The monoisotopic (exact) mass is 240 g/mol. The first kappa shape index (κ1) is 11.4. The smallest absolute Gasteiger partial charge is 0.245 e. The second-order valence-electron chi connectivity index (χ2n) is 3.76. The van der Waals surface area contributed by atoms with E-state index in [1.807, 2.05) is 18.7 Å². The van der Waals surface area contributed by atoms with Crippen molar-refractivity contribution in [2.24, 2.45) is 4.99 Å². The maximum absolute atomic E-state index is 5.01. The molecule has 0 bridgehead atoms. The van der Waals surface area contributed by atoms with Gasteiger partial charge in [0.1, 0.15) is 0 Å². The van der Waals surface area contributed by atoms with Crippen molar-refractivity contribution in [1.29, 1.82) is 0 Å². The first-order valence-corrected chi connectivity index (χ1v) is 6.40. The summed E-state index contributed by atoms with van der Waals surface area (Å²) in [5, 5.41) is 8.58. The van der Waals surface area contributed by atoms with Crippen molar-refractivity contribution < 1.29 is 4.52 Å². The van der Waals surface area contributed by atoms with Crippen LogP contribution in [0.5, 0.6) is 0 Å². The third-order valence-corrected chi connectivity index (χ3v) is 3.50. The predicted octanol–water partition coefficient (Wildman–Crippen LogP) is 1.74. The third kappa shape index (κ3) is 2.98. The fourth-order valence-electron chi connectivity index (χ4n) is 1.55. The van der Waals surface area contributed by atoms with Crippen molar-refractivity contribution in [3.63, 3.8) is 0 Å². The molecule has 1 aromatic heterocycles. The third-order valence-electron chi connectivity index (χ3n) is 2.29. The standard InChI is InChI=1S/C10H16N4OS/c1-3-4-8-5-11-10(16-8)12-6-9-13-7(2)14-15-9/h8H,3-6H2,1-2H3,(H,11,12). The quantitative estimate of drug-likeness (QED) is 0.868. The number of hydrogen-bond donors (Lipinski definition) is 1. The Labute approximate surface area is 99.1 Å². The van der Waals surface area contributed by atoms with Crippen molar-refractivity contribution in [3.05, 3.63) is 11.7 Å². The van der Waals surface area contributed by atoms with Gasteiger partial charge in [0, 0.05) is 5.25 Å². The highest BCUT2D eigenvalue weighted by Gasteiger charge is 2.18. The van der Waals surface area contributed by atoms with Crippen LogP contribution >= 0.6 is 11.8 Å². The molecule has 16 heavy (non-hydrogen) atoms. The molecule has 0 radical (unpaired) electrons. The molecule has 2 heterocycles. The van der Waals surface area contributed by atoms with E-state index in [0.29, 0.717) is 23.5 Å². The summed E-state index contributed by atoms with van der Waals surface area (Å²) < 4.78 is 5.01. The summed E-state index contributed by atoms with van der Waals surface area (Å²) in [4.78, 5) is 8.56. The number of aryl methyl sites for hydroxylation is 1. The summed E-state index contributed by atoms with van der Waals surface area (Å²) in [6.07, 6.45) is 2.43. The minimum absolute atomic E-state index is 0.561. The average Bonchev–Trinajstić information content (AvgIpc) is 2.85. The van der Waals surface area contributed by atoms with Crippen molar-refractivity contribution in [2.45, 2.75) is 38.5 Å². The SMILES string of the molecule is CCCC1CN=C(NCc2nc(C)no2)S1. The van der Waals surface area contributed by atoms with Crippen LogP contribution < -0.4 is 5.32 Å². The lowest BCUT2D eigenvalue weighted by atomic mass is 10.2. The van der Waals surface area contributed by atoms with Gasteiger partial charge in [-0.25, -0.2) is 0 Å². The van der Waals surface area contributed by atoms with E-state index in [9.17, 15) is 0 Å². The van der Waals surface area contributed by atoms with E-state index in [4.69, 9.17) is 4.52 Å². The lowest BCUT2D eigenvalue weighted by Crippen LogP contribution is -2.19. The summed E-state index contributed by atoms with van der Waals surface area (Å²) >= 11 is 1.81. The van der Waals surface area contributed by atoms with Crippen LogP contribution in [-0.2, 0) is 6.54 Å². The van der Waals surface area contributed by atoms with Gasteiger partial charge >= 0.3 is 0 Å². The summed E-state index contributed by atoms with van der Waals surface area (Å²) in [6, 6.07) is 0. The summed E-state index contributed by atoms with van der Waals surface area (Å²) in [6.45, 7) is 5.49. The van der Waals surface area contributed by atoms with Gasteiger partial charge < -0.3 is 9.84 Å². The largest absolute Gasteiger partial charge is 0.356 e. The minimum atomic E-state index is 0.561. The number of thioether (sulfide) groups is 1. The molecule has 2 rings (SSSR count). The Hall–Kier alpha value is -1.04. The molecule has 1 atom stereocenters. The van der Waals surface area contributed by atoms with Gasteiger partial charge in [0.25, 0.3) is 0 Å². The van der Waals surface area contributed by atoms with E-state index in [1.54, 1.807) is 0 Å². The van der Waals surface area contributed by atoms with Gasteiger partial charge in [-0.2, -0.15) is 4.98 Å². The first-order valence-electron chi connectivity index (χ1n) is 5.52. The fraction of sp³-hybridized carbons (Fsp3) is 0.700. The van der Waals surface area contributed by atoms with Crippen LogP contribution in [0.3, 0.4) is 0 Å². The molecule has 0 aromatic carbocycles. The second-order valence-corrected chi connectivity index (χ2v) is 5.05. The van der Waals surface area contributed by atoms with Gasteiger partial charge in [0.05, 0.1) is 13.1 Å². The highest BCUT2D eigenvalue weighted by atomic mass is 32.2. The Kier molecular flexibility index (Phi) is 3.82. The Morgan fingerprint density at radius 2 is 2.44 bits per heavy atom. The maximum Gasteiger partial charge on any atom is 0.245 e. The van der Waals surface area contributed by atoms with Gasteiger partial charge in [0.2, 0.25) is 5.89 Å². The van der Waals surface area contributed by atoms with Crippen LogP contribution in [-0.4, -0.2) is 27.1 Å². The molecule has 0 saturated carbocycles. The second kappa shape index (κ2) is 5.34. The highest BCUT2D eigenvalue weighted by molar-refractivity contribution is 8.14. The Morgan fingerprint density at radius 3 is 3.12 bits per heavy atom. The zero-order valence-corrected chi connectivity index (χ0v) is 10.4. The summed E-state index contributed by atoms with van der Waals surface area (Å²) in [7, 11) is 0. The Morgan fingerprint density at radius 1 is 1.56 bits per heavy atom. The molecule has 0 saturated heterocycles. The highest BCUT2D eigenvalue weighted by Crippen LogP contribution is 2.23. The lowest BCUT2D eigenvalue weighted by molar-refractivity contribution is 0.372. The van der Waals surface area contributed by atoms with Gasteiger partial charge in [-0.15, -0.1) is 0 Å². The van der Waals surface area contributed by atoms with E-state index < -0.39 is 0 Å². The number of rotatable bonds is 4. The molecule has 1 N–H and O–H groups in total. The molecule has 0 fully saturated rings. The van der Waals surface area contributed by atoms with Crippen molar-refractivity contribution in [1.82, 2.24) is 15.5 Å². The van der Waals surface area contributed by atoms with Crippen LogP contribution in [0.4, 0.5) is 0 Å². The zero-order valence-electron chi connectivity index (χ0n) is 9.56. The normalized spacial score (nSPS) is 19.9. The fourth-order valence-corrected chi connectivity index (χ4v) is 2.67. The van der Waals surface area contributed by atoms with Crippen LogP contribution in [0, 0.1) is 6.92 Å². The van der Waals surface area contributed by atoms with E-state index in [1.165, 1.54) is 12.8 Å². The number of amidine groups is 1. The van der Waals surface area contributed by atoms with Crippen molar-refractivity contribution in [3.8, 4) is 0 Å². The molecule has 1 aliphatic heterocycles. The van der Waals surface area contributed by atoms with E-state index >= 15 is 0 Å². The molecule has 1 aromatic rings. The summed E-state index contributed by atoms with van der Waals surface area (Å²) in [5.74, 6) is 1.28. The Bertz CT molecular complexity index is 377. The van der Waals surface area contributed by atoms with E-state index in [0.717, 1.165) is 11.7 Å². The molecule has 0 spiro atoms. The number of aromatic nitrogens is 2. The van der Waals surface area contributed by atoms with Gasteiger partial charge in [-0.1, -0.05) is 30.3 Å². The molecular weight excluding hydrogens is 224 g/mol. The molecule has 1 unspecified atom stereocenters. The van der Waals surface area contributed by atoms with E-state index in [2.05, 4.69) is 27.4 Å². The molecule has 0 amide bonds. The zero-order chi connectivity index (χ0) is 11.4. The topological polar surface area (TPSA) is 63.3 Å². The molecule has 88 valence electrons. The number of aliphatic imine (C=N–C) groups is 1. The predicted molar refractivity (Wildman–Crippen MR) is 64.5 cm³/mol. The summed E-state index contributed by atoms with van der Waals surface area (Å²) in [5.41, 5.74) is 0. The van der Waals surface area contributed by atoms with Gasteiger partial charge in [0.15, 0.2) is 11.0 Å². The van der Waals surface area contributed by atoms with Crippen LogP contribution in [0.2, 0.25) is 0 Å². The maximum atomic E-state index is 5.01. The molecular formula is C10H16N4OS. The number of hydrogen-bond acceptors (Lipinski definition) is 6. The number of nitrogens with zero attached hydrogens (tertiary/aromatic N) is 3.